The lowest BCUT2D eigenvalue weighted by Gasteiger charge is -2.22. The number of aliphatic carboxylic acids is 1. The lowest BCUT2D eigenvalue weighted by molar-refractivity contribution is -0.140. The van der Waals surface area contributed by atoms with Gasteiger partial charge in [-0.1, -0.05) is 6.07 Å². The fraction of sp³-hybridized carbons (Fsp3) is 0.429. The quantitative estimate of drug-likeness (QED) is 0.795. The van der Waals surface area contributed by atoms with Crippen molar-refractivity contribution < 1.29 is 28.2 Å². The van der Waals surface area contributed by atoms with E-state index in [4.69, 9.17) is 9.84 Å². The number of carbonyl (C=O) groups is 2. The standard InChI is InChI=1S/C14H17F2NO4/c1-2-21-9-13(18)17(6-5-14(19)20)8-10-3-4-11(15)12(16)7-10/h3-4,7H,2,5-6,8-9H2,1H3,(H,19,20). The number of rotatable bonds is 8. The highest BCUT2D eigenvalue weighted by Gasteiger charge is 2.16. The first-order chi connectivity index (χ1) is 9.93. The van der Waals surface area contributed by atoms with Gasteiger partial charge in [0.1, 0.15) is 6.61 Å². The molecule has 0 aliphatic carbocycles. The summed E-state index contributed by atoms with van der Waals surface area (Å²) in [7, 11) is 0. The molecule has 0 spiro atoms. The number of hydrogen-bond donors (Lipinski definition) is 1. The van der Waals surface area contributed by atoms with Crippen LogP contribution in [0, 0.1) is 11.6 Å². The maximum Gasteiger partial charge on any atom is 0.305 e. The van der Waals surface area contributed by atoms with Gasteiger partial charge in [-0.05, 0) is 24.6 Å². The number of carbonyl (C=O) groups excluding carboxylic acids is 1. The summed E-state index contributed by atoms with van der Waals surface area (Å²) >= 11 is 0. The average molecular weight is 301 g/mol. The van der Waals surface area contributed by atoms with E-state index in [1.54, 1.807) is 6.92 Å². The van der Waals surface area contributed by atoms with Gasteiger partial charge in [0, 0.05) is 19.7 Å². The molecule has 1 aromatic carbocycles. The van der Waals surface area contributed by atoms with E-state index >= 15 is 0 Å². The summed E-state index contributed by atoms with van der Waals surface area (Å²) in [5.74, 6) is -3.43. The van der Waals surface area contributed by atoms with Crippen LogP contribution in [-0.4, -0.2) is 41.6 Å². The Morgan fingerprint density at radius 1 is 1.29 bits per heavy atom. The van der Waals surface area contributed by atoms with Gasteiger partial charge < -0.3 is 14.7 Å². The van der Waals surface area contributed by atoms with Gasteiger partial charge in [0.05, 0.1) is 6.42 Å². The molecule has 1 N–H and O–H groups in total. The number of carboxylic acids is 1. The maximum absolute atomic E-state index is 13.2. The Bertz CT molecular complexity index is 508. The number of benzene rings is 1. The zero-order valence-electron chi connectivity index (χ0n) is 11.6. The summed E-state index contributed by atoms with van der Waals surface area (Å²) < 4.78 is 31.0. The predicted molar refractivity (Wildman–Crippen MR) is 70.5 cm³/mol. The van der Waals surface area contributed by atoms with Gasteiger partial charge >= 0.3 is 5.97 Å². The second kappa shape index (κ2) is 8.31. The van der Waals surface area contributed by atoms with Crippen LogP contribution in [0.2, 0.25) is 0 Å². The molecular formula is C14H17F2NO4. The fourth-order valence-electron chi connectivity index (χ4n) is 1.66. The van der Waals surface area contributed by atoms with Crippen molar-refractivity contribution >= 4 is 11.9 Å². The van der Waals surface area contributed by atoms with E-state index in [-0.39, 0.29) is 26.1 Å². The normalized spacial score (nSPS) is 10.4. The van der Waals surface area contributed by atoms with Gasteiger partial charge in [-0.25, -0.2) is 8.78 Å². The van der Waals surface area contributed by atoms with E-state index < -0.39 is 23.5 Å². The van der Waals surface area contributed by atoms with Crippen molar-refractivity contribution in [3.63, 3.8) is 0 Å². The zero-order chi connectivity index (χ0) is 15.8. The van der Waals surface area contributed by atoms with Crippen LogP contribution in [-0.2, 0) is 20.9 Å². The second-order valence-electron chi connectivity index (χ2n) is 4.34. The molecule has 7 heteroatoms. The molecule has 0 heterocycles. The molecule has 21 heavy (non-hydrogen) atoms. The van der Waals surface area contributed by atoms with E-state index in [1.165, 1.54) is 11.0 Å². The highest BCUT2D eigenvalue weighted by molar-refractivity contribution is 5.78. The first-order valence-electron chi connectivity index (χ1n) is 6.45. The third-order valence-corrected chi connectivity index (χ3v) is 2.74. The van der Waals surface area contributed by atoms with Crippen molar-refractivity contribution in [2.24, 2.45) is 0 Å². The summed E-state index contributed by atoms with van der Waals surface area (Å²) in [4.78, 5) is 23.8. The van der Waals surface area contributed by atoms with Crippen LogP contribution in [0.5, 0.6) is 0 Å². The molecule has 1 aromatic rings. The van der Waals surface area contributed by atoms with E-state index in [1.807, 2.05) is 0 Å². The summed E-state index contributed by atoms with van der Waals surface area (Å²) in [6.45, 7) is 1.87. The molecule has 0 fully saturated rings. The maximum atomic E-state index is 13.2. The Morgan fingerprint density at radius 2 is 2.00 bits per heavy atom. The SMILES string of the molecule is CCOCC(=O)N(CCC(=O)O)Cc1ccc(F)c(F)c1. The lowest BCUT2D eigenvalue weighted by Crippen LogP contribution is -2.35. The van der Waals surface area contributed by atoms with Gasteiger partial charge in [-0.15, -0.1) is 0 Å². The Labute approximate surface area is 121 Å². The van der Waals surface area contributed by atoms with Crippen molar-refractivity contribution in [1.29, 1.82) is 0 Å². The molecule has 0 radical (unpaired) electrons. The monoisotopic (exact) mass is 301 g/mol. The van der Waals surface area contributed by atoms with E-state index in [0.717, 1.165) is 12.1 Å². The number of nitrogens with zero attached hydrogens (tertiary/aromatic N) is 1. The minimum Gasteiger partial charge on any atom is -0.481 e. The van der Waals surface area contributed by atoms with Gasteiger partial charge in [-0.2, -0.15) is 0 Å². The Hall–Kier alpha value is -2.02. The number of ether oxygens (including phenoxy) is 1. The Balaban J connectivity index is 2.76. The number of carboxylic acid groups (broad SMARTS) is 1. The largest absolute Gasteiger partial charge is 0.481 e. The molecule has 116 valence electrons. The molecule has 0 unspecified atom stereocenters. The van der Waals surface area contributed by atoms with Crippen molar-refractivity contribution in [2.75, 3.05) is 19.8 Å². The fourth-order valence-corrected chi connectivity index (χ4v) is 1.66. The molecule has 0 bridgehead atoms. The van der Waals surface area contributed by atoms with Crippen LogP contribution >= 0.6 is 0 Å². The Kier molecular flexibility index (Phi) is 6.74. The van der Waals surface area contributed by atoms with Crippen LogP contribution < -0.4 is 0 Å². The lowest BCUT2D eigenvalue weighted by atomic mass is 10.2. The number of halogens is 2. The summed E-state index contributed by atoms with van der Waals surface area (Å²) in [6, 6.07) is 3.30. The number of hydrogen-bond acceptors (Lipinski definition) is 3. The molecular weight excluding hydrogens is 284 g/mol. The summed E-state index contributed by atoms with van der Waals surface area (Å²) in [5, 5.41) is 8.69. The topological polar surface area (TPSA) is 66.8 Å². The smallest absolute Gasteiger partial charge is 0.305 e. The van der Waals surface area contributed by atoms with Crippen molar-refractivity contribution in [3.05, 3.63) is 35.4 Å². The minimum absolute atomic E-state index is 0.00358. The molecule has 5 nitrogen and oxygen atoms in total. The molecule has 0 atom stereocenters. The van der Waals surface area contributed by atoms with Crippen LogP contribution in [0.4, 0.5) is 8.78 Å². The van der Waals surface area contributed by atoms with Crippen LogP contribution in [0.25, 0.3) is 0 Å². The van der Waals surface area contributed by atoms with E-state index in [2.05, 4.69) is 0 Å². The molecule has 1 rings (SSSR count). The average Bonchev–Trinajstić information content (AvgIpc) is 2.44. The van der Waals surface area contributed by atoms with Gasteiger partial charge in [0.15, 0.2) is 11.6 Å². The van der Waals surface area contributed by atoms with Crippen molar-refractivity contribution in [2.45, 2.75) is 19.9 Å². The predicted octanol–water partition coefficient (Wildman–Crippen LogP) is 1.80. The highest BCUT2D eigenvalue weighted by Crippen LogP contribution is 2.11. The molecule has 0 saturated heterocycles. The van der Waals surface area contributed by atoms with Crippen molar-refractivity contribution in [3.8, 4) is 0 Å². The van der Waals surface area contributed by atoms with Gasteiger partial charge in [0.25, 0.3) is 0 Å². The van der Waals surface area contributed by atoms with E-state index in [9.17, 15) is 18.4 Å². The molecule has 0 aliphatic rings. The third kappa shape index (κ3) is 5.86. The molecule has 0 aromatic heterocycles. The van der Waals surface area contributed by atoms with Gasteiger partial charge in [0.2, 0.25) is 5.91 Å². The summed E-state index contributed by atoms with van der Waals surface area (Å²) in [5.41, 5.74) is 0.379. The van der Waals surface area contributed by atoms with Crippen LogP contribution in [0.3, 0.4) is 0 Å². The number of amides is 1. The van der Waals surface area contributed by atoms with Crippen LogP contribution in [0.15, 0.2) is 18.2 Å². The van der Waals surface area contributed by atoms with Crippen molar-refractivity contribution in [1.82, 2.24) is 4.90 Å². The summed E-state index contributed by atoms with van der Waals surface area (Å²) in [6.07, 6.45) is -0.235. The highest BCUT2D eigenvalue weighted by atomic mass is 19.2. The first-order valence-corrected chi connectivity index (χ1v) is 6.45. The second-order valence-corrected chi connectivity index (χ2v) is 4.34. The molecule has 1 amide bonds. The van der Waals surface area contributed by atoms with Crippen LogP contribution in [0.1, 0.15) is 18.9 Å². The minimum atomic E-state index is -1.05. The molecule has 0 aliphatic heterocycles. The molecule has 0 saturated carbocycles. The Morgan fingerprint density at radius 3 is 2.57 bits per heavy atom. The van der Waals surface area contributed by atoms with Gasteiger partial charge in [-0.3, -0.25) is 9.59 Å². The van der Waals surface area contributed by atoms with E-state index in [0.29, 0.717) is 12.2 Å². The third-order valence-electron chi connectivity index (χ3n) is 2.74. The first kappa shape index (κ1) is 17.0. The zero-order valence-corrected chi connectivity index (χ0v) is 11.6.